The second kappa shape index (κ2) is 7.77. The van der Waals surface area contributed by atoms with Gasteiger partial charge in [-0.3, -0.25) is 24.3 Å². The number of urea groups is 1. The molecule has 2 aromatic rings. The van der Waals surface area contributed by atoms with E-state index in [2.05, 4.69) is 0 Å². The molecule has 0 N–H and O–H groups in total. The van der Waals surface area contributed by atoms with E-state index in [1.54, 1.807) is 19.1 Å². The quantitative estimate of drug-likeness (QED) is 0.703. The predicted octanol–water partition coefficient (Wildman–Crippen LogP) is 2.36. The summed E-state index contributed by atoms with van der Waals surface area (Å²) in [5, 5.41) is 0. The van der Waals surface area contributed by atoms with Gasteiger partial charge in [0.15, 0.2) is 12.2 Å². The number of hydrogen-bond acceptors (Lipinski definition) is 7. The molecule has 5 rings (SSSR count). The summed E-state index contributed by atoms with van der Waals surface area (Å²) in [5.41, 5.74) is 2.64. The molecule has 33 heavy (non-hydrogen) atoms. The number of fused-ring (bicyclic) bond motifs is 3. The normalized spacial score (nSPS) is 21.7. The van der Waals surface area contributed by atoms with Gasteiger partial charge in [-0.05, 0) is 31.2 Å². The first-order valence-corrected chi connectivity index (χ1v) is 10.6. The van der Waals surface area contributed by atoms with E-state index in [9.17, 15) is 14.4 Å². The number of anilines is 1. The number of hydrogen-bond donors (Lipinski definition) is 0. The van der Waals surface area contributed by atoms with Crippen molar-refractivity contribution in [2.24, 2.45) is 4.99 Å². The number of rotatable bonds is 5. The maximum atomic E-state index is 13.4. The van der Waals surface area contributed by atoms with Crippen LogP contribution in [0.1, 0.15) is 12.5 Å². The van der Waals surface area contributed by atoms with Crippen molar-refractivity contribution < 1.29 is 19.1 Å². The molecule has 0 aromatic heterocycles. The number of nitrogens with zero attached hydrogens (tertiary/aromatic N) is 5. The first-order valence-electron chi connectivity index (χ1n) is 10.6. The Labute approximate surface area is 191 Å². The number of imide groups is 1. The zero-order valence-electron chi connectivity index (χ0n) is 18.5. The summed E-state index contributed by atoms with van der Waals surface area (Å²) in [6, 6.07) is 16.1. The number of ether oxygens (including phenoxy) is 1. The maximum absolute atomic E-state index is 13.4. The molecule has 1 saturated heterocycles. The number of ketones is 1. The Morgan fingerprint density at radius 3 is 2.39 bits per heavy atom. The molecule has 1 fully saturated rings. The average Bonchev–Trinajstić information content (AvgIpc) is 3.37. The number of aliphatic imine (C=N–C) groups is 1. The molecule has 2 atom stereocenters. The fraction of sp³-hybridized carbons (Fsp3) is 0.250. The lowest BCUT2D eigenvalue weighted by Gasteiger charge is -2.39. The number of guanidine groups is 1. The van der Waals surface area contributed by atoms with Crippen LogP contribution in [0.5, 0.6) is 5.75 Å². The van der Waals surface area contributed by atoms with Crippen LogP contribution in [0.3, 0.4) is 0 Å². The molecule has 9 heteroatoms. The SMILES string of the molecule is COc1ccc(N2C(c3ccccc3)=CN3C2=NC2C3C(=O)N(CC(C)=O)C(=O)N2C)cc1. The molecule has 0 spiro atoms. The smallest absolute Gasteiger partial charge is 0.328 e. The van der Waals surface area contributed by atoms with Crippen LogP contribution in [0.25, 0.3) is 5.70 Å². The van der Waals surface area contributed by atoms with Gasteiger partial charge in [0.1, 0.15) is 11.5 Å². The van der Waals surface area contributed by atoms with Gasteiger partial charge >= 0.3 is 6.03 Å². The van der Waals surface area contributed by atoms with Crippen molar-refractivity contribution in [3.8, 4) is 5.75 Å². The third-order valence-corrected chi connectivity index (χ3v) is 5.99. The van der Waals surface area contributed by atoms with E-state index >= 15 is 0 Å². The van der Waals surface area contributed by atoms with Gasteiger partial charge in [-0.1, -0.05) is 30.3 Å². The van der Waals surface area contributed by atoms with Crippen molar-refractivity contribution in [3.63, 3.8) is 0 Å². The Bertz CT molecular complexity index is 1190. The molecule has 168 valence electrons. The van der Waals surface area contributed by atoms with Gasteiger partial charge in [-0.2, -0.15) is 0 Å². The molecule has 0 saturated carbocycles. The van der Waals surface area contributed by atoms with Crippen LogP contribution in [0.15, 0.2) is 65.8 Å². The van der Waals surface area contributed by atoms with Crippen molar-refractivity contribution >= 4 is 35.1 Å². The predicted molar refractivity (Wildman–Crippen MR) is 122 cm³/mol. The van der Waals surface area contributed by atoms with Crippen LogP contribution >= 0.6 is 0 Å². The highest BCUT2D eigenvalue weighted by Gasteiger charge is 2.55. The standard InChI is InChI=1S/C24H23N5O4/c1-15(30)13-28-22(31)20-21(26(2)24(28)32)25-23-27(20)14-19(16-7-5-4-6-8-16)29(23)17-9-11-18(33-3)12-10-17/h4-12,14,20-21H,13H2,1-3H3. The summed E-state index contributed by atoms with van der Waals surface area (Å²) in [6.45, 7) is 1.10. The molecule has 3 aliphatic heterocycles. The summed E-state index contributed by atoms with van der Waals surface area (Å²) < 4.78 is 5.29. The van der Waals surface area contributed by atoms with E-state index < -0.39 is 24.1 Å². The summed E-state index contributed by atoms with van der Waals surface area (Å²) in [7, 11) is 3.21. The highest BCUT2D eigenvalue weighted by atomic mass is 16.5. The van der Waals surface area contributed by atoms with Gasteiger partial charge in [0.25, 0.3) is 5.91 Å². The third kappa shape index (κ3) is 3.24. The second-order valence-electron chi connectivity index (χ2n) is 8.13. The molecule has 3 heterocycles. The van der Waals surface area contributed by atoms with Crippen molar-refractivity contribution in [3.05, 3.63) is 66.4 Å². The molecule has 0 bridgehead atoms. The minimum absolute atomic E-state index is 0.258. The lowest BCUT2D eigenvalue weighted by atomic mass is 10.1. The molecule has 2 unspecified atom stereocenters. The molecule has 0 aliphatic carbocycles. The zero-order chi connectivity index (χ0) is 23.3. The number of carbonyl (C=O) groups excluding carboxylic acids is 3. The second-order valence-corrected chi connectivity index (χ2v) is 8.13. The van der Waals surface area contributed by atoms with Crippen molar-refractivity contribution in [2.45, 2.75) is 19.1 Å². The van der Waals surface area contributed by atoms with Crippen molar-refractivity contribution in [1.82, 2.24) is 14.7 Å². The van der Waals surface area contributed by atoms with Gasteiger partial charge in [-0.25, -0.2) is 9.79 Å². The fourth-order valence-electron chi connectivity index (χ4n) is 4.40. The van der Waals surface area contributed by atoms with Crippen LogP contribution < -0.4 is 9.64 Å². The fourth-order valence-corrected chi connectivity index (χ4v) is 4.40. The minimum atomic E-state index is -0.746. The van der Waals surface area contributed by atoms with E-state index in [-0.39, 0.29) is 12.3 Å². The Hall–Kier alpha value is -4.14. The average molecular weight is 445 g/mol. The number of Topliss-reactive ketones (excluding diaryl/α,β-unsaturated/α-hetero) is 1. The molecular formula is C24H23N5O4. The van der Waals surface area contributed by atoms with E-state index in [0.717, 1.165) is 27.6 Å². The molecule has 2 aromatic carbocycles. The van der Waals surface area contributed by atoms with E-state index in [4.69, 9.17) is 9.73 Å². The first-order chi connectivity index (χ1) is 15.9. The lowest BCUT2D eigenvalue weighted by molar-refractivity contribution is -0.139. The summed E-state index contributed by atoms with van der Waals surface area (Å²) in [6.07, 6.45) is 1.20. The zero-order valence-corrected chi connectivity index (χ0v) is 18.5. The minimum Gasteiger partial charge on any atom is -0.497 e. The third-order valence-electron chi connectivity index (χ3n) is 5.99. The van der Waals surface area contributed by atoms with Gasteiger partial charge in [0.2, 0.25) is 5.96 Å². The van der Waals surface area contributed by atoms with E-state index in [0.29, 0.717) is 5.96 Å². The van der Waals surface area contributed by atoms with E-state index in [1.165, 1.54) is 11.8 Å². The molecule has 3 amide bonds. The van der Waals surface area contributed by atoms with E-state index in [1.807, 2.05) is 65.7 Å². The Morgan fingerprint density at radius 2 is 1.76 bits per heavy atom. The highest BCUT2D eigenvalue weighted by molar-refractivity contribution is 6.16. The van der Waals surface area contributed by atoms with Crippen LogP contribution in [0.2, 0.25) is 0 Å². The summed E-state index contributed by atoms with van der Waals surface area (Å²) in [4.78, 5) is 48.9. The van der Waals surface area contributed by atoms with Crippen LogP contribution in [0, 0.1) is 0 Å². The first kappa shape index (κ1) is 20.7. The van der Waals surface area contributed by atoms with Crippen molar-refractivity contribution in [1.29, 1.82) is 0 Å². The topological polar surface area (TPSA) is 85.8 Å². The van der Waals surface area contributed by atoms with Crippen LogP contribution in [-0.4, -0.2) is 71.3 Å². The number of amides is 3. The number of methoxy groups -OCH3 is 1. The van der Waals surface area contributed by atoms with Gasteiger partial charge in [-0.15, -0.1) is 0 Å². The molecule has 3 aliphatic rings. The number of carbonyl (C=O) groups is 3. The molecule has 0 radical (unpaired) electrons. The van der Waals surface area contributed by atoms with Crippen LogP contribution in [0.4, 0.5) is 10.5 Å². The van der Waals surface area contributed by atoms with Crippen molar-refractivity contribution in [2.75, 3.05) is 25.6 Å². The Kier molecular flexibility index (Phi) is 4.88. The molecule has 9 nitrogen and oxygen atoms in total. The monoisotopic (exact) mass is 445 g/mol. The van der Waals surface area contributed by atoms with Gasteiger partial charge < -0.3 is 9.64 Å². The maximum Gasteiger partial charge on any atom is 0.328 e. The van der Waals surface area contributed by atoms with Gasteiger partial charge in [0.05, 0.1) is 19.4 Å². The summed E-state index contributed by atoms with van der Waals surface area (Å²) >= 11 is 0. The Balaban J connectivity index is 1.60. The molecular weight excluding hydrogens is 422 g/mol. The largest absolute Gasteiger partial charge is 0.497 e. The number of likely N-dealkylation sites (N-methyl/N-ethyl adjacent to an activating group) is 1. The van der Waals surface area contributed by atoms with Crippen LogP contribution in [-0.2, 0) is 9.59 Å². The summed E-state index contributed by atoms with van der Waals surface area (Å²) in [5.74, 6) is 0.580. The highest BCUT2D eigenvalue weighted by Crippen LogP contribution is 2.40. The Morgan fingerprint density at radius 1 is 1.06 bits per heavy atom. The lowest BCUT2D eigenvalue weighted by Crippen LogP contribution is -2.64. The number of benzene rings is 2. The van der Waals surface area contributed by atoms with Gasteiger partial charge in [0, 0.05) is 24.5 Å².